The van der Waals surface area contributed by atoms with Gasteiger partial charge in [-0.2, -0.15) is 0 Å². The van der Waals surface area contributed by atoms with E-state index in [0.29, 0.717) is 19.6 Å². The van der Waals surface area contributed by atoms with Gasteiger partial charge in [-0.25, -0.2) is 14.8 Å². The molecule has 2 aliphatic rings. The van der Waals surface area contributed by atoms with Crippen molar-refractivity contribution in [2.45, 2.75) is 18.9 Å². The van der Waals surface area contributed by atoms with E-state index in [1.165, 1.54) is 6.33 Å². The summed E-state index contributed by atoms with van der Waals surface area (Å²) >= 11 is 0. The van der Waals surface area contributed by atoms with Gasteiger partial charge >= 0.3 is 6.03 Å². The fourth-order valence-electron chi connectivity index (χ4n) is 4.59. The largest absolute Gasteiger partial charge is 0.324 e. The van der Waals surface area contributed by atoms with Crippen LogP contribution in [0.3, 0.4) is 0 Å². The number of likely N-dealkylation sites (tertiary alicyclic amines) is 1. The lowest BCUT2D eigenvalue weighted by Crippen LogP contribution is -2.50. The maximum Gasteiger partial charge on any atom is 0.321 e. The lowest BCUT2D eigenvalue weighted by molar-refractivity contribution is 0.140. The summed E-state index contributed by atoms with van der Waals surface area (Å²) in [5.41, 5.74) is 3.64. The summed E-state index contributed by atoms with van der Waals surface area (Å²) in [6.45, 7) is 1.86. The number of hydrogen-bond donors (Lipinski definition) is 1. The fourth-order valence-corrected chi connectivity index (χ4v) is 4.59. The van der Waals surface area contributed by atoms with E-state index < -0.39 is 0 Å². The van der Waals surface area contributed by atoms with Gasteiger partial charge in [0.15, 0.2) is 0 Å². The first-order valence-electron chi connectivity index (χ1n) is 9.79. The van der Waals surface area contributed by atoms with E-state index in [0.717, 1.165) is 28.9 Å². The summed E-state index contributed by atoms with van der Waals surface area (Å²) in [4.78, 5) is 35.6. The molecule has 0 unspecified atom stereocenters. The number of amides is 2. The molecule has 5 rings (SSSR count). The van der Waals surface area contributed by atoms with Gasteiger partial charge in [0.2, 0.25) is 0 Å². The first kappa shape index (κ1) is 17.6. The van der Waals surface area contributed by atoms with Crippen molar-refractivity contribution in [1.82, 2.24) is 19.4 Å². The number of anilines is 1. The highest BCUT2D eigenvalue weighted by Crippen LogP contribution is 2.39. The van der Waals surface area contributed by atoms with Crippen LogP contribution in [0, 0.1) is 5.92 Å². The molecular formula is C22H21N5O2. The molecule has 7 heteroatoms. The van der Waals surface area contributed by atoms with Crippen molar-refractivity contribution in [2.24, 2.45) is 5.92 Å². The van der Waals surface area contributed by atoms with Crippen molar-refractivity contribution in [1.29, 1.82) is 0 Å². The first-order chi connectivity index (χ1) is 14.2. The number of nitrogens with zero attached hydrogens (tertiary/aromatic N) is 4. The van der Waals surface area contributed by atoms with Gasteiger partial charge in [-0.05, 0) is 30.5 Å². The third-order valence-electron chi connectivity index (χ3n) is 5.77. The molecule has 0 radical (unpaired) electrons. The van der Waals surface area contributed by atoms with E-state index in [1.807, 2.05) is 45.9 Å². The van der Waals surface area contributed by atoms with Crippen molar-refractivity contribution in [3.63, 3.8) is 0 Å². The summed E-state index contributed by atoms with van der Waals surface area (Å²) in [7, 11) is 0. The predicted octanol–water partition coefficient (Wildman–Crippen LogP) is 2.96. The molecule has 1 aromatic carbocycles. The van der Waals surface area contributed by atoms with E-state index >= 15 is 0 Å². The molecule has 2 atom stereocenters. The molecule has 2 aliphatic heterocycles. The van der Waals surface area contributed by atoms with Crippen molar-refractivity contribution >= 4 is 11.7 Å². The smallest absolute Gasteiger partial charge is 0.321 e. The maximum absolute atomic E-state index is 12.9. The summed E-state index contributed by atoms with van der Waals surface area (Å²) in [5.74, 6) is 0.371. The summed E-state index contributed by atoms with van der Waals surface area (Å²) in [5, 5.41) is 2.98. The Morgan fingerprint density at radius 1 is 1.00 bits per heavy atom. The number of carbonyl (C=O) groups excluding carboxylic acids is 1. The molecular weight excluding hydrogens is 366 g/mol. The van der Waals surface area contributed by atoms with E-state index in [4.69, 9.17) is 0 Å². The Hall–Kier alpha value is -3.48. The number of fused-ring (bicyclic) bond motifs is 4. The zero-order valence-corrected chi connectivity index (χ0v) is 15.9. The lowest BCUT2D eigenvalue weighted by Gasteiger charge is -2.43. The Kier molecular flexibility index (Phi) is 4.35. The monoisotopic (exact) mass is 387 g/mol. The van der Waals surface area contributed by atoms with Crippen molar-refractivity contribution in [3.8, 4) is 11.1 Å². The number of pyridine rings is 1. The molecule has 2 bridgehead atoms. The molecule has 1 fully saturated rings. The highest BCUT2D eigenvalue weighted by molar-refractivity contribution is 5.89. The van der Waals surface area contributed by atoms with Gasteiger partial charge in [-0.1, -0.05) is 18.2 Å². The molecule has 0 spiro atoms. The van der Waals surface area contributed by atoms with E-state index in [-0.39, 0.29) is 23.4 Å². The van der Waals surface area contributed by atoms with Crippen LogP contribution in [0.2, 0.25) is 0 Å². The van der Waals surface area contributed by atoms with Crippen LogP contribution < -0.4 is 10.9 Å². The van der Waals surface area contributed by atoms with Crippen LogP contribution in [0.25, 0.3) is 11.1 Å². The minimum absolute atomic E-state index is 0.0116. The quantitative estimate of drug-likeness (QED) is 0.733. The van der Waals surface area contributed by atoms with Crippen LogP contribution in [-0.2, 0) is 6.54 Å². The second-order valence-corrected chi connectivity index (χ2v) is 7.71. The Morgan fingerprint density at radius 2 is 1.79 bits per heavy atom. The summed E-state index contributed by atoms with van der Waals surface area (Å²) < 4.78 is 1.88. The Labute approximate surface area is 168 Å². The van der Waals surface area contributed by atoms with Gasteiger partial charge in [-0.3, -0.25) is 4.79 Å². The average Bonchev–Trinajstić information content (AvgIpc) is 2.75. The topological polar surface area (TPSA) is 80.1 Å². The number of aromatic nitrogens is 3. The van der Waals surface area contributed by atoms with Gasteiger partial charge in [0, 0.05) is 66.5 Å². The molecule has 2 amide bonds. The maximum atomic E-state index is 12.9. The van der Waals surface area contributed by atoms with Crippen LogP contribution >= 0.6 is 0 Å². The highest BCUT2D eigenvalue weighted by Gasteiger charge is 2.37. The van der Waals surface area contributed by atoms with Crippen molar-refractivity contribution < 1.29 is 4.79 Å². The summed E-state index contributed by atoms with van der Waals surface area (Å²) in [6.07, 6.45) is 6.00. The Balaban J connectivity index is 1.47. The summed E-state index contributed by atoms with van der Waals surface area (Å²) in [6, 6.07) is 12.9. The third kappa shape index (κ3) is 3.29. The molecule has 146 valence electrons. The predicted molar refractivity (Wildman–Crippen MR) is 110 cm³/mol. The molecule has 1 saturated heterocycles. The minimum Gasteiger partial charge on any atom is -0.324 e. The average molecular weight is 387 g/mol. The number of para-hydroxylation sites is 1. The molecule has 4 heterocycles. The van der Waals surface area contributed by atoms with Crippen molar-refractivity contribution in [2.75, 3.05) is 18.4 Å². The van der Waals surface area contributed by atoms with Crippen LogP contribution in [-0.4, -0.2) is 38.6 Å². The number of hydrogen-bond acceptors (Lipinski definition) is 4. The van der Waals surface area contributed by atoms with Crippen LogP contribution in [0.1, 0.15) is 18.0 Å². The number of piperidine rings is 1. The number of carbonyl (C=O) groups is 1. The zero-order valence-electron chi connectivity index (χ0n) is 15.9. The number of urea groups is 1. The second kappa shape index (κ2) is 7.16. The molecule has 3 aromatic rings. The lowest BCUT2D eigenvalue weighted by atomic mass is 9.81. The number of nitrogens with one attached hydrogen (secondary N) is 1. The second-order valence-electron chi connectivity index (χ2n) is 7.71. The van der Waals surface area contributed by atoms with E-state index in [9.17, 15) is 9.59 Å². The van der Waals surface area contributed by atoms with Crippen LogP contribution in [0.15, 0.2) is 66.0 Å². The van der Waals surface area contributed by atoms with Crippen molar-refractivity contribution in [3.05, 3.63) is 77.2 Å². The zero-order chi connectivity index (χ0) is 19.8. The molecule has 0 aliphatic carbocycles. The minimum atomic E-state index is -0.0952. The van der Waals surface area contributed by atoms with Gasteiger partial charge in [0.1, 0.15) is 6.33 Å². The number of rotatable bonds is 2. The molecule has 0 saturated carbocycles. The molecule has 29 heavy (non-hydrogen) atoms. The van der Waals surface area contributed by atoms with Gasteiger partial charge < -0.3 is 14.8 Å². The normalized spacial score (nSPS) is 20.1. The van der Waals surface area contributed by atoms with Gasteiger partial charge in [0.25, 0.3) is 5.56 Å². The molecule has 7 nitrogen and oxygen atoms in total. The van der Waals surface area contributed by atoms with Gasteiger partial charge in [0.05, 0.1) is 0 Å². The third-order valence-corrected chi connectivity index (χ3v) is 5.77. The van der Waals surface area contributed by atoms with E-state index in [2.05, 4.69) is 15.3 Å². The Bertz CT molecular complexity index is 1100. The SMILES string of the molecule is O=C(Nc1ccccc1)N1C[C@H]2C[C@H](C1)c1c(-c3cncnc3)ccc(=O)n1C2. The number of benzene rings is 1. The molecule has 2 aromatic heterocycles. The molecule has 1 N–H and O–H groups in total. The van der Waals surface area contributed by atoms with Crippen LogP contribution in [0.4, 0.5) is 10.5 Å². The standard InChI is InChI=1S/C22H21N5O2/c28-20-7-6-19(17-9-23-14-24-10-17)21-16-8-15(12-27(20)21)11-26(13-16)22(29)25-18-4-2-1-3-5-18/h1-7,9-10,14-16H,8,11-13H2,(H,25,29)/t15-,16-/m1/s1. The van der Waals surface area contributed by atoms with E-state index in [1.54, 1.807) is 18.5 Å². The fraction of sp³-hybridized carbons (Fsp3) is 0.273. The van der Waals surface area contributed by atoms with Gasteiger partial charge in [-0.15, -0.1) is 0 Å². The highest BCUT2D eigenvalue weighted by atomic mass is 16.2. The first-order valence-corrected chi connectivity index (χ1v) is 9.79. The van der Waals surface area contributed by atoms with Crippen LogP contribution in [0.5, 0.6) is 0 Å². The Morgan fingerprint density at radius 3 is 2.59 bits per heavy atom.